The molecule has 1 aliphatic heterocycles. The molecule has 170 valence electrons. The Morgan fingerprint density at radius 3 is 2.28 bits per heavy atom. The summed E-state index contributed by atoms with van der Waals surface area (Å²) in [5.41, 5.74) is 0.260. The van der Waals surface area contributed by atoms with Gasteiger partial charge in [0.15, 0.2) is 11.5 Å². The molecule has 0 aliphatic carbocycles. The van der Waals surface area contributed by atoms with Gasteiger partial charge in [0, 0.05) is 18.2 Å². The monoisotopic (exact) mass is 449 g/mol. The Kier molecular flexibility index (Phi) is 5.67. The molecule has 8 N–H and O–H groups in total. The maximum absolute atomic E-state index is 10.3. The van der Waals surface area contributed by atoms with Crippen molar-refractivity contribution in [1.29, 1.82) is 0 Å². The molecule has 0 saturated carbocycles. The fourth-order valence-electron chi connectivity index (χ4n) is 3.43. The molecule has 0 amide bonds. The van der Waals surface area contributed by atoms with Gasteiger partial charge in [-0.15, -0.1) is 0 Å². The Hall–Kier alpha value is -3.35. The molecule has 0 bridgehead atoms. The summed E-state index contributed by atoms with van der Waals surface area (Å²) >= 11 is 0. The Balaban J connectivity index is 1.84. The van der Waals surface area contributed by atoms with E-state index in [1.165, 1.54) is 30.3 Å². The van der Waals surface area contributed by atoms with E-state index in [1.807, 2.05) is 0 Å². The van der Waals surface area contributed by atoms with Gasteiger partial charge in [0.05, 0.1) is 18.2 Å². The molecule has 5 atom stereocenters. The Labute approximate surface area is 180 Å². The first-order valence-electron chi connectivity index (χ1n) is 9.52. The van der Waals surface area contributed by atoms with Crippen LogP contribution in [0, 0.1) is 0 Å². The Morgan fingerprint density at radius 2 is 1.59 bits per heavy atom. The first-order valence-corrected chi connectivity index (χ1v) is 9.52. The third-order valence-electron chi connectivity index (χ3n) is 5.15. The number of hydrogen-bond donors (Lipinski definition) is 8. The fourth-order valence-corrected chi connectivity index (χ4v) is 3.43. The second-order valence-corrected chi connectivity index (χ2v) is 7.34. The van der Waals surface area contributed by atoms with Gasteiger partial charge in [-0.3, -0.25) is 0 Å². The number of benzene rings is 2. The van der Waals surface area contributed by atoms with Gasteiger partial charge in [0.2, 0.25) is 12.0 Å². The summed E-state index contributed by atoms with van der Waals surface area (Å²) in [7, 11) is 0. The minimum absolute atomic E-state index is 0.0465. The fraction of sp³-hybridized carbons (Fsp3) is 0.286. The molecule has 1 saturated heterocycles. The molecule has 4 rings (SSSR count). The van der Waals surface area contributed by atoms with Gasteiger partial charge in [0.1, 0.15) is 41.3 Å². The molecule has 2 unspecified atom stereocenters. The molecule has 11 nitrogen and oxygen atoms in total. The number of hydrogen-bond acceptors (Lipinski definition) is 10. The average Bonchev–Trinajstić information content (AvgIpc) is 2.76. The molecule has 2 heterocycles. The number of aliphatic hydroxyl groups is 4. The van der Waals surface area contributed by atoms with E-state index in [1.54, 1.807) is 0 Å². The maximum Gasteiger partial charge on any atom is 0.402 e. The first-order chi connectivity index (χ1) is 15.2. The highest BCUT2D eigenvalue weighted by Gasteiger charge is 2.45. The highest BCUT2D eigenvalue weighted by Crippen LogP contribution is 2.42. The van der Waals surface area contributed by atoms with Crippen LogP contribution in [0.2, 0.25) is 0 Å². The van der Waals surface area contributed by atoms with E-state index in [-0.39, 0.29) is 45.3 Å². The highest BCUT2D eigenvalue weighted by molar-refractivity contribution is 5.88. The molecule has 1 aromatic heterocycles. The summed E-state index contributed by atoms with van der Waals surface area (Å²) in [4.78, 5) is 0. The van der Waals surface area contributed by atoms with Crippen LogP contribution in [0.25, 0.3) is 22.3 Å². The number of fused-ring (bicyclic) bond motifs is 1. The number of aliphatic hydroxyl groups excluding tert-OH is 4. The predicted octanol–water partition coefficient (Wildman–Crippen LogP) is 0.382. The number of rotatable bonds is 4. The molecule has 11 heteroatoms. The molecule has 3 aromatic rings. The normalized spacial score (nSPS) is 25.7. The van der Waals surface area contributed by atoms with Crippen LogP contribution in [0.4, 0.5) is 0 Å². The average molecular weight is 449 g/mol. The molecule has 0 spiro atoms. The number of ether oxygens (including phenoxy) is 2. The Bertz CT molecular complexity index is 1150. The van der Waals surface area contributed by atoms with E-state index in [9.17, 15) is 40.9 Å². The summed E-state index contributed by atoms with van der Waals surface area (Å²) in [5.74, 6) is -1.64. The lowest BCUT2D eigenvalue weighted by molar-refractivity contribution is -0.277. The molecule has 1 fully saturated rings. The van der Waals surface area contributed by atoms with Crippen molar-refractivity contribution in [2.75, 3.05) is 6.61 Å². The van der Waals surface area contributed by atoms with E-state index in [2.05, 4.69) is 0 Å². The van der Waals surface area contributed by atoms with Gasteiger partial charge in [-0.2, -0.15) is 0 Å². The molecule has 1 aliphatic rings. The quantitative estimate of drug-likeness (QED) is 0.203. The van der Waals surface area contributed by atoms with Gasteiger partial charge < -0.3 is 50.3 Å². The van der Waals surface area contributed by atoms with Crippen molar-refractivity contribution in [3.63, 3.8) is 0 Å². The molecule has 0 radical (unpaired) electrons. The van der Waals surface area contributed by atoms with Crippen molar-refractivity contribution >= 4 is 11.0 Å². The lowest BCUT2D eigenvalue weighted by Gasteiger charge is -2.39. The van der Waals surface area contributed by atoms with Crippen LogP contribution in [-0.4, -0.2) is 78.2 Å². The van der Waals surface area contributed by atoms with Crippen molar-refractivity contribution in [3.05, 3.63) is 36.4 Å². The topological polar surface area (TPSA) is 192 Å². The number of aromatic hydroxyl groups is 4. The van der Waals surface area contributed by atoms with Gasteiger partial charge >= 0.3 is 11.3 Å². The third-order valence-corrected chi connectivity index (χ3v) is 5.15. The minimum atomic E-state index is -1.71. The molecular weight excluding hydrogens is 428 g/mol. The largest absolute Gasteiger partial charge is 0.507 e. The lowest BCUT2D eigenvalue weighted by Crippen LogP contribution is -2.60. The van der Waals surface area contributed by atoms with Gasteiger partial charge in [-0.05, 0) is 12.1 Å². The summed E-state index contributed by atoms with van der Waals surface area (Å²) in [6.07, 6.45) is -7.76. The minimum Gasteiger partial charge on any atom is -0.507 e. The van der Waals surface area contributed by atoms with E-state index in [0.29, 0.717) is 0 Å². The zero-order chi connectivity index (χ0) is 23.2. The van der Waals surface area contributed by atoms with Gasteiger partial charge in [-0.1, -0.05) is 0 Å². The van der Waals surface area contributed by atoms with Crippen molar-refractivity contribution in [3.8, 4) is 40.1 Å². The zero-order valence-corrected chi connectivity index (χ0v) is 16.4. The van der Waals surface area contributed by atoms with Crippen LogP contribution in [0.15, 0.2) is 40.8 Å². The standard InChI is InChI=1S/C21H20O11/c22-7-16-17(27)18(28)19(29)21(32-16)31-15-6-10-12(25)4-9(23)5-14(10)30-20(15)8-1-2-11(24)13(26)3-8/h1-6,16-19,21-22,27-29H,7H2,(H3-,23,24,25,26)/p+1/t16?,17-,18-,19?,21-/m1/s1. The van der Waals surface area contributed by atoms with Gasteiger partial charge in [-0.25, -0.2) is 4.42 Å². The van der Waals surface area contributed by atoms with Gasteiger partial charge in [0.25, 0.3) is 0 Å². The van der Waals surface area contributed by atoms with Crippen molar-refractivity contribution in [2.24, 2.45) is 0 Å². The first kappa shape index (κ1) is 21.9. The van der Waals surface area contributed by atoms with Crippen LogP contribution < -0.4 is 4.74 Å². The summed E-state index contributed by atoms with van der Waals surface area (Å²) in [6, 6.07) is 7.37. The summed E-state index contributed by atoms with van der Waals surface area (Å²) in [5, 5.41) is 79.2. The second kappa shape index (κ2) is 8.30. The third kappa shape index (κ3) is 3.83. The summed E-state index contributed by atoms with van der Waals surface area (Å²) in [6.45, 7) is -0.661. The van der Waals surface area contributed by atoms with Crippen LogP contribution >= 0.6 is 0 Å². The van der Waals surface area contributed by atoms with Crippen LogP contribution in [0.3, 0.4) is 0 Å². The van der Waals surface area contributed by atoms with E-state index >= 15 is 0 Å². The lowest BCUT2D eigenvalue weighted by atomic mass is 9.99. The Morgan fingerprint density at radius 1 is 0.844 bits per heavy atom. The SMILES string of the molecule is OCC1O[C@@H](Oc2cc3c(O)cc(O)cc3[o+]c2-c2ccc(O)c(O)c2)C(O)[C@H](O)[C@@H]1O. The van der Waals surface area contributed by atoms with Crippen molar-refractivity contribution in [1.82, 2.24) is 0 Å². The predicted molar refractivity (Wildman–Crippen MR) is 107 cm³/mol. The summed E-state index contributed by atoms with van der Waals surface area (Å²) < 4.78 is 16.8. The smallest absolute Gasteiger partial charge is 0.402 e. The number of phenols is 4. The van der Waals surface area contributed by atoms with Crippen LogP contribution in [0.1, 0.15) is 0 Å². The number of phenolic OH excluding ortho intramolecular Hbond substituents is 4. The van der Waals surface area contributed by atoms with E-state index in [4.69, 9.17) is 13.9 Å². The van der Waals surface area contributed by atoms with Crippen molar-refractivity contribution < 1.29 is 54.7 Å². The highest BCUT2D eigenvalue weighted by atomic mass is 16.7. The molecule has 32 heavy (non-hydrogen) atoms. The zero-order valence-electron chi connectivity index (χ0n) is 16.4. The molecule has 2 aromatic carbocycles. The van der Waals surface area contributed by atoms with Crippen LogP contribution in [0.5, 0.6) is 28.7 Å². The van der Waals surface area contributed by atoms with E-state index < -0.39 is 43.1 Å². The second-order valence-electron chi connectivity index (χ2n) is 7.34. The van der Waals surface area contributed by atoms with Crippen molar-refractivity contribution in [2.45, 2.75) is 30.7 Å². The van der Waals surface area contributed by atoms with E-state index in [0.717, 1.165) is 6.07 Å². The maximum atomic E-state index is 10.3. The van der Waals surface area contributed by atoms with Crippen LogP contribution in [-0.2, 0) is 4.74 Å². The molecular formula is C21H21O11+.